The number of carbonyl (C=O) groups excluding carboxylic acids is 2. The van der Waals surface area contributed by atoms with E-state index in [0.717, 1.165) is 13.1 Å². The van der Waals surface area contributed by atoms with Crippen LogP contribution < -0.4 is 10.6 Å². The monoisotopic (exact) mass is 376 g/mol. The highest BCUT2D eigenvalue weighted by Gasteiger charge is 2.13. The van der Waals surface area contributed by atoms with Crippen molar-refractivity contribution in [2.75, 3.05) is 39.5 Å². The number of hydrogen-bond acceptors (Lipinski definition) is 5. The molecule has 1 aliphatic heterocycles. The molecule has 2 rings (SSSR count). The number of esters is 1. The van der Waals surface area contributed by atoms with E-state index in [1.807, 2.05) is 12.1 Å². The summed E-state index contributed by atoms with van der Waals surface area (Å²) in [4.78, 5) is 21.7. The zero-order valence-corrected chi connectivity index (χ0v) is 15.0. The van der Waals surface area contributed by atoms with Gasteiger partial charge in [-0.05, 0) is 12.1 Å². The summed E-state index contributed by atoms with van der Waals surface area (Å²) in [6, 6.07) is 7.19. The van der Waals surface area contributed by atoms with E-state index in [9.17, 15) is 9.59 Å². The molecule has 1 aromatic rings. The molecule has 0 aliphatic carbocycles. The van der Waals surface area contributed by atoms with Crippen molar-refractivity contribution in [3.63, 3.8) is 0 Å². The van der Waals surface area contributed by atoms with Crippen molar-refractivity contribution >= 4 is 35.1 Å². The number of halogens is 2. The molecule has 1 saturated heterocycles. The van der Waals surface area contributed by atoms with Gasteiger partial charge in [0.05, 0.1) is 23.3 Å². The van der Waals surface area contributed by atoms with Gasteiger partial charge in [0.25, 0.3) is 5.91 Å². The molecule has 0 saturated carbocycles. The van der Waals surface area contributed by atoms with Crippen LogP contribution in [0.5, 0.6) is 0 Å². The van der Waals surface area contributed by atoms with Crippen molar-refractivity contribution in [2.45, 2.75) is 6.92 Å². The first-order chi connectivity index (χ1) is 11.5. The minimum absolute atomic E-state index is 0.212. The molecule has 8 heteroatoms. The molecule has 1 fully saturated rings. The quantitative estimate of drug-likeness (QED) is 0.784. The van der Waals surface area contributed by atoms with Crippen LogP contribution in [0.2, 0.25) is 10.0 Å². The summed E-state index contributed by atoms with van der Waals surface area (Å²) in [5.41, 5.74) is 0. The summed E-state index contributed by atoms with van der Waals surface area (Å²) in [7, 11) is 0. The third-order valence-corrected chi connectivity index (χ3v) is 3.78. The molecule has 2 N–H and O–H groups in total. The predicted octanol–water partition coefficient (Wildman–Crippen LogP) is 1.90. The molecule has 1 unspecified atom stereocenters. The van der Waals surface area contributed by atoms with Crippen LogP contribution in [-0.4, -0.2) is 51.3 Å². The fraction of sp³-hybridized carbons (Fsp3) is 0.500. The molecule has 1 aliphatic rings. The van der Waals surface area contributed by atoms with Crippen molar-refractivity contribution in [3.8, 4) is 0 Å². The summed E-state index contributed by atoms with van der Waals surface area (Å²) in [6.07, 6.45) is 0. The molecule has 1 amide bonds. The SMILES string of the molecule is CC(=O)OCC(=O)NCC1CNCCOC1.Clc1ccccc1Cl. The van der Waals surface area contributed by atoms with Crippen LogP contribution in [0.25, 0.3) is 0 Å². The summed E-state index contributed by atoms with van der Waals surface area (Å²) in [5, 5.41) is 7.12. The molecule has 0 aromatic heterocycles. The van der Waals surface area contributed by atoms with Gasteiger partial charge in [-0.25, -0.2) is 0 Å². The van der Waals surface area contributed by atoms with Crippen LogP contribution in [0.4, 0.5) is 0 Å². The Morgan fingerprint density at radius 2 is 2.00 bits per heavy atom. The van der Waals surface area contributed by atoms with Crippen molar-refractivity contribution in [1.29, 1.82) is 0 Å². The van der Waals surface area contributed by atoms with Crippen molar-refractivity contribution in [1.82, 2.24) is 10.6 Å². The molecular weight excluding hydrogens is 355 g/mol. The zero-order valence-electron chi connectivity index (χ0n) is 13.5. The van der Waals surface area contributed by atoms with E-state index in [2.05, 4.69) is 15.4 Å². The maximum Gasteiger partial charge on any atom is 0.303 e. The maximum absolute atomic E-state index is 11.2. The second-order valence-electron chi connectivity index (χ2n) is 5.14. The number of amides is 1. The summed E-state index contributed by atoms with van der Waals surface area (Å²) < 4.78 is 9.91. The van der Waals surface area contributed by atoms with Crippen LogP contribution in [-0.2, 0) is 19.1 Å². The lowest BCUT2D eigenvalue weighted by Crippen LogP contribution is -2.37. The number of nitrogens with one attached hydrogen (secondary N) is 2. The first-order valence-electron chi connectivity index (χ1n) is 7.57. The molecule has 1 heterocycles. The largest absolute Gasteiger partial charge is 0.456 e. The third kappa shape index (κ3) is 9.72. The highest BCUT2D eigenvalue weighted by atomic mass is 35.5. The van der Waals surface area contributed by atoms with E-state index in [1.165, 1.54) is 6.92 Å². The lowest BCUT2D eigenvalue weighted by Gasteiger charge is -2.14. The van der Waals surface area contributed by atoms with E-state index < -0.39 is 5.97 Å². The number of hydrogen-bond donors (Lipinski definition) is 2. The van der Waals surface area contributed by atoms with Gasteiger partial charge in [0.1, 0.15) is 0 Å². The maximum atomic E-state index is 11.2. The normalized spacial score (nSPS) is 17.0. The van der Waals surface area contributed by atoms with E-state index in [-0.39, 0.29) is 18.4 Å². The fourth-order valence-electron chi connectivity index (χ4n) is 1.81. The van der Waals surface area contributed by atoms with E-state index in [0.29, 0.717) is 29.8 Å². The van der Waals surface area contributed by atoms with Gasteiger partial charge in [0, 0.05) is 32.5 Å². The van der Waals surface area contributed by atoms with Crippen molar-refractivity contribution < 1.29 is 19.1 Å². The summed E-state index contributed by atoms with van der Waals surface area (Å²) >= 11 is 11.2. The molecule has 0 spiro atoms. The summed E-state index contributed by atoms with van der Waals surface area (Å²) in [5.74, 6) is -0.460. The van der Waals surface area contributed by atoms with Gasteiger partial charge in [-0.1, -0.05) is 35.3 Å². The first-order valence-corrected chi connectivity index (χ1v) is 8.33. The Hall–Kier alpha value is -1.34. The zero-order chi connectivity index (χ0) is 17.8. The Labute approximate surface area is 151 Å². The Morgan fingerprint density at radius 3 is 2.58 bits per heavy atom. The molecule has 0 radical (unpaired) electrons. The molecule has 0 bridgehead atoms. The second-order valence-corrected chi connectivity index (χ2v) is 5.96. The number of benzene rings is 1. The van der Waals surface area contributed by atoms with Gasteiger partial charge in [0.15, 0.2) is 6.61 Å². The van der Waals surface area contributed by atoms with Crippen molar-refractivity contribution in [2.24, 2.45) is 5.92 Å². The summed E-state index contributed by atoms with van der Waals surface area (Å²) in [6.45, 7) is 4.62. The lowest BCUT2D eigenvalue weighted by molar-refractivity contribution is -0.146. The topological polar surface area (TPSA) is 76.7 Å². The van der Waals surface area contributed by atoms with Crippen LogP contribution in [0, 0.1) is 5.92 Å². The molecule has 1 aromatic carbocycles. The highest BCUT2D eigenvalue weighted by Crippen LogP contribution is 2.19. The Balaban J connectivity index is 0.000000300. The molecule has 1 atom stereocenters. The second kappa shape index (κ2) is 12.1. The number of rotatable bonds is 4. The Bertz CT molecular complexity index is 500. The number of ether oxygens (including phenoxy) is 2. The van der Waals surface area contributed by atoms with Crippen molar-refractivity contribution in [3.05, 3.63) is 34.3 Å². The van der Waals surface area contributed by atoms with E-state index in [1.54, 1.807) is 12.1 Å². The molecule has 6 nitrogen and oxygen atoms in total. The van der Waals surface area contributed by atoms with Gasteiger partial charge in [-0.15, -0.1) is 0 Å². The van der Waals surface area contributed by atoms with E-state index in [4.69, 9.17) is 27.9 Å². The van der Waals surface area contributed by atoms with Gasteiger partial charge in [-0.3, -0.25) is 9.59 Å². The Morgan fingerprint density at radius 1 is 1.33 bits per heavy atom. The predicted molar refractivity (Wildman–Crippen MR) is 93.3 cm³/mol. The van der Waals surface area contributed by atoms with Gasteiger partial charge in [0.2, 0.25) is 0 Å². The minimum atomic E-state index is -0.449. The van der Waals surface area contributed by atoms with Crippen LogP contribution in [0.1, 0.15) is 6.92 Å². The van der Waals surface area contributed by atoms with Crippen LogP contribution in [0.3, 0.4) is 0 Å². The van der Waals surface area contributed by atoms with Gasteiger partial charge < -0.3 is 20.1 Å². The lowest BCUT2D eigenvalue weighted by atomic mass is 10.1. The van der Waals surface area contributed by atoms with Gasteiger partial charge >= 0.3 is 5.97 Å². The minimum Gasteiger partial charge on any atom is -0.456 e. The molecule has 24 heavy (non-hydrogen) atoms. The van der Waals surface area contributed by atoms with E-state index >= 15 is 0 Å². The van der Waals surface area contributed by atoms with Crippen LogP contribution >= 0.6 is 23.2 Å². The fourth-order valence-corrected chi connectivity index (χ4v) is 2.08. The number of carbonyl (C=O) groups is 2. The smallest absolute Gasteiger partial charge is 0.303 e. The van der Waals surface area contributed by atoms with Crippen LogP contribution in [0.15, 0.2) is 24.3 Å². The average molecular weight is 377 g/mol. The average Bonchev–Trinajstić information content (AvgIpc) is 2.83. The Kier molecular flexibility index (Phi) is 10.4. The molecular formula is C16H22Cl2N2O4. The first kappa shape index (κ1) is 20.7. The standard InChI is InChI=1S/C10H18N2O4.C6H4Cl2/c1-8(13)16-7-10(14)12-5-9-4-11-2-3-15-6-9;7-5-3-1-2-4-6(5)8/h9,11H,2-7H2,1H3,(H,12,14);1-4H. The third-order valence-electron chi connectivity index (χ3n) is 3.03. The highest BCUT2D eigenvalue weighted by molar-refractivity contribution is 6.41. The molecule has 134 valence electrons. The van der Waals surface area contributed by atoms with Gasteiger partial charge in [-0.2, -0.15) is 0 Å².